The maximum atomic E-state index is 13.5. The molecule has 2 aliphatic rings. The Labute approximate surface area is 228 Å². The Kier molecular flexibility index (Phi) is 6.59. The summed E-state index contributed by atoms with van der Waals surface area (Å²) in [5, 5.41) is 15.0. The van der Waals surface area contributed by atoms with Gasteiger partial charge in [0, 0.05) is 36.9 Å². The van der Waals surface area contributed by atoms with E-state index in [1.165, 1.54) is 6.33 Å². The van der Waals surface area contributed by atoms with Gasteiger partial charge in [-0.25, -0.2) is 23.4 Å². The van der Waals surface area contributed by atoms with Crippen molar-refractivity contribution in [3.05, 3.63) is 72.1 Å². The minimum absolute atomic E-state index is 0.0422. The highest BCUT2D eigenvalue weighted by Gasteiger charge is 2.31. The van der Waals surface area contributed by atoms with Crippen molar-refractivity contribution in [1.29, 1.82) is 5.26 Å². The number of fused-ring (bicyclic) bond motifs is 1. The molecule has 1 saturated heterocycles. The molecule has 2 fully saturated rings. The number of anilines is 1. The van der Waals surface area contributed by atoms with Gasteiger partial charge in [-0.1, -0.05) is 6.08 Å². The zero-order valence-corrected chi connectivity index (χ0v) is 21.4. The van der Waals surface area contributed by atoms with E-state index >= 15 is 0 Å². The molecule has 1 aliphatic carbocycles. The van der Waals surface area contributed by atoms with Crippen LogP contribution in [0, 0.1) is 28.9 Å². The van der Waals surface area contributed by atoms with Crippen molar-refractivity contribution in [3.63, 3.8) is 0 Å². The van der Waals surface area contributed by atoms with Crippen LogP contribution in [0.4, 0.5) is 14.6 Å². The summed E-state index contributed by atoms with van der Waals surface area (Å²) in [6.45, 7) is 0.957. The lowest BCUT2D eigenvalue weighted by atomic mass is 10.0. The Morgan fingerprint density at radius 1 is 1.07 bits per heavy atom. The second kappa shape index (κ2) is 10.4. The van der Waals surface area contributed by atoms with E-state index in [1.54, 1.807) is 39.9 Å². The molecular formula is C29H25F2N7O2. The third kappa shape index (κ3) is 5.08. The Balaban J connectivity index is 1.29. The van der Waals surface area contributed by atoms with Gasteiger partial charge in [-0.05, 0) is 55.9 Å². The van der Waals surface area contributed by atoms with E-state index in [4.69, 9.17) is 15.6 Å². The first-order valence-corrected chi connectivity index (χ1v) is 13.0. The Hall–Kier alpha value is -4.85. The van der Waals surface area contributed by atoms with Crippen molar-refractivity contribution in [1.82, 2.24) is 24.6 Å². The summed E-state index contributed by atoms with van der Waals surface area (Å²) in [6, 6.07) is 11.7. The van der Waals surface area contributed by atoms with Crippen LogP contribution >= 0.6 is 0 Å². The molecule has 0 unspecified atom stereocenters. The molecule has 11 heteroatoms. The summed E-state index contributed by atoms with van der Waals surface area (Å²) < 4.78 is 34.5. The van der Waals surface area contributed by atoms with Crippen LogP contribution in [0.1, 0.15) is 31.7 Å². The molecule has 0 radical (unpaired) electrons. The van der Waals surface area contributed by atoms with E-state index in [0.29, 0.717) is 47.0 Å². The Morgan fingerprint density at radius 2 is 1.82 bits per heavy atom. The lowest BCUT2D eigenvalue weighted by Crippen LogP contribution is -2.41. The van der Waals surface area contributed by atoms with Crippen LogP contribution in [0.3, 0.4) is 0 Å². The van der Waals surface area contributed by atoms with Gasteiger partial charge in [0.15, 0.2) is 5.65 Å². The van der Waals surface area contributed by atoms with Crippen molar-refractivity contribution < 1.29 is 18.3 Å². The molecule has 9 nitrogen and oxygen atoms in total. The fourth-order valence-electron chi connectivity index (χ4n) is 5.02. The number of hydrogen-bond acceptors (Lipinski definition) is 7. The lowest BCUT2D eigenvalue weighted by Gasteiger charge is -2.32. The van der Waals surface area contributed by atoms with Crippen molar-refractivity contribution in [2.75, 3.05) is 18.8 Å². The summed E-state index contributed by atoms with van der Waals surface area (Å²) in [6.07, 6.45) is 6.73. The van der Waals surface area contributed by atoms with Crippen LogP contribution in [-0.2, 0) is 4.79 Å². The number of rotatable bonds is 6. The zero-order valence-electron chi connectivity index (χ0n) is 21.4. The predicted octanol–water partition coefficient (Wildman–Crippen LogP) is 5.17. The smallest absolute Gasteiger partial charge is 0.264 e. The molecule has 2 N–H and O–H groups in total. The second-order valence-electron chi connectivity index (χ2n) is 10.1. The fourth-order valence-corrected chi connectivity index (χ4v) is 5.02. The van der Waals surface area contributed by atoms with Crippen LogP contribution in [0.2, 0.25) is 0 Å². The number of amides is 1. The number of ether oxygens (including phenoxy) is 1. The van der Waals surface area contributed by atoms with Crippen LogP contribution < -0.4 is 10.5 Å². The zero-order chi connectivity index (χ0) is 27.8. The number of nitrogen functional groups attached to an aromatic ring is 1. The number of nitrogens with zero attached hydrogens (tertiary/aromatic N) is 6. The number of carbonyl (C=O) groups is 1. The first-order valence-electron chi connectivity index (χ1n) is 13.0. The van der Waals surface area contributed by atoms with E-state index in [-0.39, 0.29) is 29.1 Å². The van der Waals surface area contributed by atoms with Gasteiger partial charge < -0.3 is 15.4 Å². The fraction of sp³-hybridized carbons (Fsp3) is 0.276. The lowest BCUT2D eigenvalue weighted by molar-refractivity contribution is -0.128. The SMILES string of the molecule is N#C/C(=C\C1CC1)C(=O)N1CCC[C@@H](n2nc(-c3ccc(Oc4cc(F)cc(F)c4)cc3)c3c(N)ncnc32)C1. The number of benzene rings is 2. The number of carbonyl (C=O) groups excluding carboxylic acids is 1. The molecular weight excluding hydrogens is 516 g/mol. The van der Waals surface area contributed by atoms with Crippen LogP contribution in [-0.4, -0.2) is 43.6 Å². The molecule has 0 bridgehead atoms. The average Bonchev–Trinajstić information content (AvgIpc) is 3.68. The molecule has 1 atom stereocenters. The number of likely N-dealkylation sites (tertiary alicyclic amines) is 1. The van der Waals surface area contributed by atoms with Crippen molar-refractivity contribution in [2.45, 2.75) is 31.7 Å². The quantitative estimate of drug-likeness (QED) is 0.264. The molecule has 1 saturated carbocycles. The molecule has 3 heterocycles. The summed E-state index contributed by atoms with van der Waals surface area (Å²) in [5.74, 6) is -0.697. The molecule has 202 valence electrons. The standard InChI is InChI=1S/C29H25F2N7O2/c30-20-11-21(31)13-24(12-20)40-23-7-5-18(6-8-23)26-25-27(33)34-16-35-28(25)38(36-26)22-2-1-9-37(15-22)29(39)19(14-32)10-17-3-4-17/h5-8,10-13,16-17,22H,1-4,9,15H2,(H2,33,34,35)/b19-10+/t22-/m1/s1. The van der Waals surface area contributed by atoms with Gasteiger partial charge >= 0.3 is 0 Å². The third-order valence-electron chi connectivity index (χ3n) is 7.12. The minimum atomic E-state index is -0.732. The van der Waals surface area contributed by atoms with E-state index in [1.807, 2.05) is 0 Å². The highest BCUT2D eigenvalue weighted by molar-refractivity contribution is 5.99. The molecule has 2 aromatic heterocycles. The molecule has 2 aromatic carbocycles. The normalized spacial score (nSPS) is 17.6. The predicted molar refractivity (Wildman–Crippen MR) is 143 cm³/mol. The van der Waals surface area contributed by atoms with E-state index in [2.05, 4.69) is 16.0 Å². The molecule has 40 heavy (non-hydrogen) atoms. The van der Waals surface area contributed by atoms with Crippen molar-refractivity contribution in [3.8, 4) is 28.8 Å². The average molecular weight is 542 g/mol. The van der Waals surface area contributed by atoms with Gasteiger partial charge in [-0.15, -0.1) is 0 Å². The number of nitriles is 1. The first-order chi connectivity index (χ1) is 19.4. The topological polar surface area (TPSA) is 123 Å². The van der Waals surface area contributed by atoms with Crippen molar-refractivity contribution in [2.24, 2.45) is 5.92 Å². The number of aromatic nitrogens is 4. The minimum Gasteiger partial charge on any atom is -0.457 e. The summed E-state index contributed by atoms with van der Waals surface area (Å²) in [4.78, 5) is 23.5. The van der Waals surface area contributed by atoms with E-state index in [0.717, 1.165) is 43.9 Å². The second-order valence-corrected chi connectivity index (χ2v) is 10.1. The molecule has 1 amide bonds. The number of hydrogen-bond donors (Lipinski definition) is 1. The first kappa shape index (κ1) is 25.4. The van der Waals surface area contributed by atoms with Gasteiger partial charge in [-0.2, -0.15) is 10.4 Å². The maximum Gasteiger partial charge on any atom is 0.264 e. The molecule has 6 rings (SSSR count). The monoisotopic (exact) mass is 541 g/mol. The van der Waals surface area contributed by atoms with Crippen LogP contribution in [0.5, 0.6) is 11.5 Å². The Bertz CT molecular complexity index is 1650. The molecule has 0 spiro atoms. The van der Waals surface area contributed by atoms with Gasteiger partial charge in [-0.3, -0.25) is 4.79 Å². The van der Waals surface area contributed by atoms with E-state index in [9.17, 15) is 18.8 Å². The van der Waals surface area contributed by atoms with Crippen molar-refractivity contribution >= 4 is 22.8 Å². The molecule has 4 aromatic rings. The van der Waals surface area contributed by atoms with Crippen LogP contribution in [0.25, 0.3) is 22.3 Å². The van der Waals surface area contributed by atoms with Crippen LogP contribution in [0.15, 0.2) is 60.4 Å². The maximum absolute atomic E-state index is 13.5. The van der Waals surface area contributed by atoms with Gasteiger partial charge in [0.1, 0.15) is 52.6 Å². The van der Waals surface area contributed by atoms with Gasteiger partial charge in [0.25, 0.3) is 5.91 Å². The number of halogens is 2. The summed E-state index contributed by atoms with van der Waals surface area (Å²) in [5.41, 5.74) is 8.30. The molecule has 1 aliphatic heterocycles. The van der Waals surface area contributed by atoms with E-state index < -0.39 is 11.6 Å². The van der Waals surface area contributed by atoms with Gasteiger partial charge in [0.05, 0.1) is 11.4 Å². The number of nitrogens with two attached hydrogens (primary N) is 1. The Morgan fingerprint density at radius 3 is 2.52 bits per heavy atom. The highest BCUT2D eigenvalue weighted by atomic mass is 19.1. The summed E-state index contributed by atoms with van der Waals surface area (Å²) in [7, 11) is 0. The number of allylic oxidation sites excluding steroid dienone is 1. The third-order valence-corrected chi connectivity index (χ3v) is 7.12. The largest absolute Gasteiger partial charge is 0.457 e. The highest BCUT2D eigenvalue weighted by Crippen LogP contribution is 2.36. The summed E-state index contributed by atoms with van der Waals surface area (Å²) >= 11 is 0. The number of piperidine rings is 1. The van der Waals surface area contributed by atoms with Gasteiger partial charge in [0.2, 0.25) is 0 Å².